The molecule has 1 saturated heterocycles. The maximum atomic E-state index is 13.3. The number of benzene rings is 1. The summed E-state index contributed by atoms with van der Waals surface area (Å²) in [5, 5.41) is 14.4. The zero-order valence-corrected chi connectivity index (χ0v) is 22.4. The van der Waals surface area contributed by atoms with E-state index in [0.717, 1.165) is 12.8 Å². The van der Waals surface area contributed by atoms with E-state index in [1.54, 1.807) is 41.6 Å². The molecule has 38 heavy (non-hydrogen) atoms. The van der Waals surface area contributed by atoms with Crippen molar-refractivity contribution in [3.05, 3.63) is 48.0 Å². The van der Waals surface area contributed by atoms with Gasteiger partial charge in [-0.25, -0.2) is 9.97 Å². The Labute approximate surface area is 223 Å². The molecule has 2 amide bonds. The summed E-state index contributed by atoms with van der Waals surface area (Å²) in [5.41, 5.74) is 0.727. The number of anilines is 1. The van der Waals surface area contributed by atoms with Crippen molar-refractivity contribution in [2.24, 2.45) is 11.3 Å². The minimum Gasteiger partial charge on any atom is -0.486 e. The Morgan fingerprint density at radius 1 is 1.16 bits per heavy atom. The highest BCUT2D eigenvalue weighted by atomic mass is 16.5. The second kappa shape index (κ2) is 11.3. The smallest absolute Gasteiger partial charge is 0.242 e. The summed E-state index contributed by atoms with van der Waals surface area (Å²) in [4.78, 5) is 48.1. The van der Waals surface area contributed by atoms with Gasteiger partial charge in [-0.2, -0.15) is 0 Å². The Balaban J connectivity index is 1.41. The molecule has 2 heterocycles. The fourth-order valence-corrected chi connectivity index (χ4v) is 4.71. The Hall–Kier alpha value is -3.82. The van der Waals surface area contributed by atoms with E-state index in [4.69, 9.17) is 10.1 Å². The molecule has 3 N–H and O–H groups in total. The topological polar surface area (TPSA) is 137 Å². The van der Waals surface area contributed by atoms with Crippen molar-refractivity contribution in [2.75, 3.05) is 18.4 Å². The second-order valence-electron chi connectivity index (χ2n) is 11.2. The molecule has 1 unspecified atom stereocenters. The summed E-state index contributed by atoms with van der Waals surface area (Å²) in [6, 6.07) is 6.34. The van der Waals surface area contributed by atoms with E-state index in [0.29, 0.717) is 41.7 Å². The molecule has 2 aliphatic rings. The van der Waals surface area contributed by atoms with Gasteiger partial charge in [0, 0.05) is 43.2 Å². The lowest BCUT2D eigenvalue weighted by Crippen LogP contribution is -2.49. The first-order valence-electron chi connectivity index (χ1n) is 13.0. The van der Waals surface area contributed by atoms with Gasteiger partial charge >= 0.3 is 0 Å². The van der Waals surface area contributed by atoms with Crippen molar-refractivity contribution in [1.82, 2.24) is 20.2 Å². The fourth-order valence-electron chi connectivity index (χ4n) is 4.71. The lowest BCUT2D eigenvalue weighted by atomic mass is 9.92. The van der Waals surface area contributed by atoms with Crippen LogP contribution in [-0.4, -0.2) is 63.4 Å². The number of rotatable bonds is 11. The van der Waals surface area contributed by atoms with Crippen LogP contribution >= 0.6 is 0 Å². The quantitative estimate of drug-likeness (QED) is 0.387. The van der Waals surface area contributed by atoms with E-state index < -0.39 is 11.8 Å². The van der Waals surface area contributed by atoms with Gasteiger partial charge in [-0.05, 0) is 54.9 Å². The summed E-state index contributed by atoms with van der Waals surface area (Å²) in [7, 11) is 0. The van der Waals surface area contributed by atoms with E-state index in [1.165, 1.54) is 6.92 Å². The maximum Gasteiger partial charge on any atom is 0.242 e. The lowest BCUT2D eigenvalue weighted by molar-refractivity contribution is -0.138. The monoisotopic (exact) mass is 520 g/mol. The van der Waals surface area contributed by atoms with Crippen LogP contribution in [0.1, 0.15) is 58.3 Å². The van der Waals surface area contributed by atoms with Gasteiger partial charge in [-0.15, -0.1) is 0 Å². The SMILES string of the molecule is CC(=O)C(=N)c1cc(OCc2ncccn2)ccc1NCC(=O)N1[C@@H]2CC2C[C@H]1C(=O)NCCC(C)(C)C. The van der Waals surface area contributed by atoms with Gasteiger partial charge in [-0.1, -0.05) is 20.8 Å². The van der Waals surface area contributed by atoms with E-state index >= 15 is 0 Å². The van der Waals surface area contributed by atoms with Gasteiger partial charge in [0.25, 0.3) is 0 Å². The number of carbonyl (C=O) groups is 3. The molecule has 0 radical (unpaired) electrons. The number of likely N-dealkylation sites (tertiary alicyclic amines) is 1. The summed E-state index contributed by atoms with van der Waals surface area (Å²) in [6.07, 6.45) is 5.72. The molecule has 2 aromatic rings. The number of aromatic nitrogens is 2. The van der Waals surface area contributed by atoms with Crippen molar-refractivity contribution in [3.63, 3.8) is 0 Å². The third kappa shape index (κ3) is 6.73. The molecular weight excluding hydrogens is 484 g/mol. The van der Waals surface area contributed by atoms with Crippen molar-refractivity contribution < 1.29 is 19.1 Å². The predicted molar refractivity (Wildman–Crippen MR) is 143 cm³/mol. The van der Waals surface area contributed by atoms with Crippen molar-refractivity contribution >= 4 is 29.0 Å². The molecule has 1 saturated carbocycles. The van der Waals surface area contributed by atoms with Crippen molar-refractivity contribution in [1.29, 1.82) is 5.41 Å². The van der Waals surface area contributed by atoms with Crippen LogP contribution in [0, 0.1) is 16.7 Å². The number of hydrogen-bond acceptors (Lipinski definition) is 8. The lowest BCUT2D eigenvalue weighted by Gasteiger charge is -2.28. The number of nitrogens with one attached hydrogen (secondary N) is 3. The molecule has 202 valence electrons. The normalized spacial score (nSPS) is 19.9. The number of hydrogen-bond donors (Lipinski definition) is 3. The molecule has 2 fully saturated rings. The van der Waals surface area contributed by atoms with Crippen LogP contribution in [0.4, 0.5) is 5.69 Å². The maximum absolute atomic E-state index is 13.3. The van der Waals surface area contributed by atoms with Gasteiger partial charge in [0.15, 0.2) is 11.6 Å². The molecule has 1 aliphatic carbocycles. The number of carbonyl (C=O) groups excluding carboxylic acids is 3. The van der Waals surface area contributed by atoms with Crippen LogP contribution in [-0.2, 0) is 21.0 Å². The zero-order valence-electron chi connectivity index (χ0n) is 22.4. The van der Waals surface area contributed by atoms with Crippen LogP contribution in [0.25, 0.3) is 0 Å². The Kier molecular flexibility index (Phi) is 8.08. The molecule has 0 spiro atoms. The molecule has 4 rings (SSSR count). The number of ketones is 1. The molecule has 1 aromatic carbocycles. The molecular formula is C28H36N6O4. The Bertz CT molecular complexity index is 1210. The Morgan fingerprint density at radius 3 is 2.58 bits per heavy atom. The van der Waals surface area contributed by atoms with Crippen LogP contribution in [0.2, 0.25) is 0 Å². The van der Waals surface area contributed by atoms with Crippen molar-refractivity contribution in [3.8, 4) is 5.75 Å². The zero-order chi connectivity index (χ0) is 27.4. The first-order valence-corrected chi connectivity index (χ1v) is 13.0. The first-order chi connectivity index (χ1) is 18.0. The van der Waals surface area contributed by atoms with Gasteiger partial charge in [0.1, 0.15) is 24.1 Å². The van der Waals surface area contributed by atoms with E-state index in [-0.39, 0.29) is 42.1 Å². The first kappa shape index (κ1) is 27.2. The summed E-state index contributed by atoms with van der Waals surface area (Å²) in [6.45, 7) is 8.37. The molecule has 3 atom stereocenters. The summed E-state index contributed by atoms with van der Waals surface area (Å²) < 4.78 is 5.76. The molecule has 1 aliphatic heterocycles. The largest absolute Gasteiger partial charge is 0.486 e. The predicted octanol–water partition coefficient (Wildman–Crippen LogP) is 2.97. The van der Waals surface area contributed by atoms with Crippen LogP contribution < -0.4 is 15.4 Å². The average molecular weight is 521 g/mol. The molecule has 1 aromatic heterocycles. The number of ether oxygens (including phenoxy) is 1. The highest BCUT2D eigenvalue weighted by molar-refractivity contribution is 6.45. The van der Waals surface area contributed by atoms with Gasteiger partial charge in [0.2, 0.25) is 11.8 Å². The third-order valence-corrected chi connectivity index (χ3v) is 6.90. The molecule has 0 bridgehead atoms. The van der Waals surface area contributed by atoms with Crippen LogP contribution in [0.3, 0.4) is 0 Å². The van der Waals surface area contributed by atoms with Gasteiger partial charge in [0.05, 0.1) is 6.54 Å². The van der Waals surface area contributed by atoms with E-state index in [1.807, 2.05) is 0 Å². The van der Waals surface area contributed by atoms with E-state index in [2.05, 4.69) is 41.4 Å². The highest BCUT2D eigenvalue weighted by Gasteiger charge is 2.55. The minimum absolute atomic E-state index is 0.0504. The summed E-state index contributed by atoms with van der Waals surface area (Å²) >= 11 is 0. The average Bonchev–Trinajstić information content (AvgIpc) is 3.54. The van der Waals surface area contributed by atoms with Gasteiger partial charge in [-0.3, -0.25) is 19.8 Å². The van der Waals surface area contributed by atoms with Crippen molar-refractivity contribution in [2.45, 2.75) is 65.6 Å². The Morgan fingerprint density at radius 2 is 1.89 bits per heavy atom. The fraction of sp³-hybridized carbons (Fsp3) is 0.500. The minimum atomic E-state index is -0.459. The second-order valence-corrected chi connectivity index (χ2v) is 11.2. The number of piperidine rings is 1. The number of Topliss-reactive ketones (excluding diaryl/α,β-unsaturated/α-hetero) is 1. The van der Waals surface area contributed by atoms with Crippen LogP contribution in [0.15, 0.2) is 36.7 Å². The number of nitrogens with zero attached hydrogens (tertiary/aromatic N) is 3. The van der Waals surface area contributed by atoms with Gasteiger partial charge < -0.3 is 20.3 Å². The molecule has 10 nitrogen and oxygen atoms in total. The highest BCUT2D eigenvalue weighted by Crippen LogP contribution is 2.47. The number of amides is 2. The standard InChI is InChI=1S/C28H36N6O4/c1-17(35)26(29)20-14-19(38-16-24-30-9-5-10-31-24)6-7-21(20)33-15-25(36)34-22-12-18(22)13-23(34)27(37)32-11-8-28(2,3)4/h5-7,9-10,14,18,22-23,29,33H,8,11-13,15-16H2,1-4H3,(H,32,37)/t18?,22-,23+/m1/s1. The third-order valence-electron chi connectivity index (χ3n) is 6.90. The summed E-state index contributed by atoms with van der Waals surface area (Å²) in [5.74, 6) is 0.650. The van der Waals surface area contributed by atoms with Crippen LogP contribution in [0.5, 0.6) is 5.75 Å². The number of fused-ring (bicyclic) bond motifs is 1. The molecule has 10 heteroatoms. The van der Waals surface area contributed by atoms with E-state index in [9.17, 15) is 14.4 Å².